The van der Waals surface area contributed by atoms with E-state index in [-0.39, 0.29) is 5.91 Å². The Bertz CT molecular complexity index is 1180. The number of carbonyl (C=O) groups excluding carboxylic acids is 1. The second-order valence-electron chi connectivity index (χ2n) is 7.12. The van der Waals surface area contributed by atoms with Crippen LogP contribution in [0.1, 0.15) is 16.7 Å². The third-order valence-electron chi connectivity index (χ3n) is 4.63. The van der Waals surface area contributed by atoms with Gasteiger partial charge in [-0.25, -0.2) is 4.68 Å². The Hall–Kier alpha value is -2.90. The van der Waals surface area contributed by atoms with Gasteiger partial charge in [0.05, 0.1) is 18.7 Å². The molecule has 1 heterocycles. The van der Waals surface area contributed by atoms with E-state index in [1.54, 1.807) is 0 Å². The molecule has 0 unspecified atom stereocenters. The van der Waals surface area contributed by atoms with E-state index < -0.39 is 0 Å². The van der Waals surface area contributed by atoms with E-state index in [0.717, 1.165) is 26.9 Å². The highest BCUT2D eigenvalue weighted by atomic mass is 79.9. The largest absolute Gasteiger partial charge is 0.325 e. The zero-order valence-electron chi connectivity index (χ0n) is 17.0. The zero-order chi connectivity index (χ0) is 21.6. The first-order valence-electron chi connectivity index (χ1n) is 9.83. The first-order valence-corrected chi connectivity index (χ1v) is 11.4. The van der Waals surface area contributed by atoms with Crippen LogP contribution in [0.25, 0.3) is 0 Å². The fraction of sp³-hybridized carbons (Fsp3) is 0.125. The lowest BCUT2D eigenvalue weighted by Gasteiger charge is -2.11. The number of benzene rings is 3. The Kier molecular flexibility index (Phi) is 6.84. The second-order valence-corrected chi connectivity index (χ2v) is 8.83. The van der Waals surface area contributed by atoms with Crippen LogP contribution in [-0.4, -0.2) is 20.7 Å². The molecule has 1 N–H and O–H groups in total. The SMILES string of the molecule is Cc1ccc(Cn2nc(Br)nc2Sc2ccccc2NC(=O)Cc2ccccc2)cc1. The predicted octanol–water partition coefficient (Wildman–Crippen LogP) is 5.73. The molecule has 156 valence electrons. The van der Waals surface area contributed by atoms with Crippen LogP contribution in [0.3, 0.4) is 0 Å². The second kappa shape index (κ2) is 9.94. The van der Waals surface area contributed by atoms with Crippen molar-refractivity contribution in [1.82, 2.24) is 14.8 Å². The quantitative estimate of drug-likeness (QED) is 0.357. The van der Waals surface area contributed by atoms with Gasteiger partial charge >= 0.3 is 0 Å². The monoisotopic (exact) mass is 492 g/mol. The lowest BCUT2D eigenvalue weighted by molar-refractivity contribution is -0.115. The molecule has 0 aliphatic rings. The van der Waals surface area contributed by atoms with E-state index in [0.29, 0.717) is 17.7 Å². The van der Waals surface area contributed by atoms with Crippen molar-refractivity contribution in [3.05, 3.63) is 100 Å². The summed E-state index contributed by atoms with van der Waals surface area (Å²) in [6.07, 6.45) is 0.328. The molecule has 4 rings (SSSR count). The lowest BCUT2D eigenvalue weighted by atomic mass is 10.1. The fourth-order valence-corrected chi connectivity index (χ4v) is 4.47. The maximum absolute atomic E-state index is 12.6. The van der Waals surface area contributed by atoms with E-state index in [1.165, 1.54) is 17.3 Å². The zero-order valence-corrected chi connectivity index (χ0v) is 19.4. The highest BCUT2D eigenvalue weighted by molar-refractivity contribution is 9.10. The molecule has 0 aliphatic carbocycles. The number of anilines is 1. The Labute approximate surface area is 194 Å². The standard InChI is InChI=1S/C24H21BrN4OS/c1-17-11-13-19(14-12-17)16-29-24(27-23(25)28-29)31-21-10-6-5-9-20(21)26-22(30)15-18-7-3-2-4-8-18/h2-14H,15-16H2,1H3,(H,26,30). The van der Waals surface area contributed by atoms with Crippen LogP contribution < -0.4 is 5.32 Å². The molecule has 31 heavy (non-hydrogen) atoms. The summed E-state index contributed by atoms with van der Waals surface area (Å²) in [7, 11) is 0. The molecule has 5 nitrogen and oxygen atoms in total. The Morgan fingerprint density at radius 1 is 0.968 bits per heavy atom. The smallest absolute Gasteiger partial charge is 0.228 e. The van der Waals surface area contributed by atoms with Gasteiger partial charge in [-0.2, -0.15) is 4.98 Å². The third kappa shape index (κ3) is 5.83. The summed E-state index contributed by atoms with van der Waals surface area (Å²) >= 11 is 4.87. The maximum Gasteiger partial charge on any atom is 0.228 e. The van der Waals surface area contributed by atoms with E-state index >= 15 is 0 Å². The van der Waals surface area contributed by atoms with Crippen LogP contribution in [0.2, 0.25) is 0 Å². The Balaban J connectivity index is 1.51. The van der Waals surface area contributed by atoms with Crippen LogP contribution in [0.4, 0.5) is 5.69 Å². The number of carbonyl (C=O) groups is 1. The molecule has 4 aromatic rings. The van der Waals surface area contributed by atoms with Gasteiger partial charge in [0, 0.05) is 4.90 Å². The molecule has 0 spiro atoms. The molecule has 1 amide bonds. The number of aromatic nitrogens is 3. The van der Waals surface area contributed by atoms with Crippen molar-refractivity contribution < 1.29 is 4.79 Å². The average Bonchev–Trinajstić information content (AvgIpc) is 3.10. The number of rotatable bonds is 7. The first kappa shape index (κ1) is 21.3. The molecule has 0 fully saturated rings. The number of hydrogen-bond acceptors (Lipinski definition) is 4. The number of amides is 1. The van der Waals surface area contributed by atoms with Crippen molar-refractivity contribution in [2.75, 3.05) is 5.32 Å². The normalized spacial score (nSPS) is 10.8. The van der Waals surface area contributed by atoms with E-state index in [4.69, 9.17) is 0 Å². The van der Waals surface area contributed by atoms with Crippen LogP contribution >= 0.6 is 27.7 Å². The van der Waals surface area contributed by atoms with Gasteiger partial charge in [-0.3, -0.25) is 4.79 Å². The van der Waals surface area contributed by atoms with E-state index in [9.17, 15) is 4.79 Å². The summed E-state index contributed by atoms with van der Waals surface area (Å²) in [5, 5.41) is 8.26. The minimum atomic E-state index is -0.0541. The van der Waals surface area contributed by atoms with E-state index in [1.807, 2.05) is 59.3 Å². The molecule has 3 aromatic carbocycles. The summed E-state index contributed by atoms with van der Waals surface area (Å²) in [6.45, 7) is 2.68. The highest BCUT2D eigenvalue weighted by Gasteiger charge is 2.14. The molecule has 0 aliphatic heterocycles. The predicted molar refractivity (Wildman–Crippen MR) is 127 cm³/mol. The minimum absolute atomic E-state index is 0.0541. The molecule has 0 saturated heterocycles. The summed E-state index contributed by atoms with van der Waals surface area (Å²) in [4.78, 5) is 18.0. The van der Waals surface area contributed by atoms with Gasteiger partial charge in [0.1, 0.15) is 0 Å². The third-order valence-corrected chi connectivity index (χ3v) is 6.03. The van der Waals surface area contributed by atoms with Gasteiger partial charge in [-0.1, -0.05) is 72.3 Å². The van der Waals surface area contributed by atoms with Crippen molar-refractivity contribution in [1.29, 1.82) is 0 Å². The summed E-state index contributed by atoms with van der Waals surface area (Å²) in [5.74, 6) is -0.0541. The molecule has 0 atom stereocenters. The Morgan fingerprint density at radius 2 is 1.68 bits per heavy atom. The van der Waals surface area contributed by atoms with Crippen LogP contribution in [0.15, 0.2) is 93.6 Å². The number of halogens is 1. The van der Waals surface area contributed by atoms with Crippen molar-refractivity contribution in [2.24, 2.45) is 0 Å². The van der Waals surface area contributed by atoms with Gasteiger partial charge in [0.15, 0.2) is 5.16 Å². The number of para-hydroxylation sites is 1. The minimum Gasteiger partial charge on any atom is -0.325 e. The molecule has 0 radical (unpaired) electrons. The van der Waals surface area contributed by atoms with Crippen molar-refractivity contribution >= 4 is 39.3 Å². The summed E-state index contributed by atoms with van der Waals surface area (Å²) in [5.41, 5.74) is 4.11. The molecule has 1 aromatic heterocycles. The summed E-state index contributed by atoms with van der Waals surface area (Å²) in [6, 6.07) is 25.8. The van der Waals surface area contributed by atoms with Crippen molar-refractivity contribution in [2.45, 2.75) is 29.9 Å². The lowest BCUT2D eigenvalue weighted by Crippen LogP contribution is -2.15. The van der Waals surface area contributed by atoms with Crippen molar-refractivity contribution in [3.63, 3.8) is 0 Å². The molecule has 0 saturated carbocycles. The van der Waals surface area contributed by atoms with Crippen molar-refractivity contribution in [3.8, 4) is 0 Å². The van der Waals surface area contributed by atoms with Gasteiger partial charge in [0.25, 0.3) is 0 Å². The van der Waals surface area contributed by atoms with E-state index in [2.05, 4.69) is 62.5 Å². The summed E-state index contributed by atoms with van der Waals surface area (Å²) < 4.78 is 2.40. The van der Waals surface area contributed by atoms with Crippen LogP contribution in [0, 0.1) is 6.92 Å². The number of nitrogens with zero attached hydrogens (tertiary/aromatic N) is 3. The topological polar surface area (TPSA) is 59.8 Å². The number of aryl methyl sites for hydroxylation is 1. The molecular weight excluding hydrogens is 472 g/mol. The maximum atomic E-state index is 12.6. The molecular formula is C24H21BrN4OS. The first-order chi connectivity index (χ1) is 15.1. The van der Waals surface area contributed by atoms with Crippen LogP contribution in [-0.2, 0) is 17.8 Å². The fourth-order valence-electron chi connectivity index (χ4n) is 3.08. The molecule has 0 bridgehead atoms. The number of nitrogens with one attached hydrogen (secondary N) is 1. The van der Waals surface area contributed by atoms with Gasteiger partial charge in [-0.15, -0.1) is 5.10 Å². The van der Waals surface area contributed by atoms with Crippen LogP contribution in [0.5, 0.6) is 0 Å². The van der Waals surface area contributed by atoms with Gasteiger partial charge in [0.2, 0.25) is 10.6 Å². The highest BCUT2D eigenvalue weighted by Crippen LogP contribution is 2.33. The van der Waals surface area contributed by atoms with Gasteiger partial charge < -0.3 is 5.32 Å². The average molecular weight is 493 g/mol. The molecule has 7 heteroatoms. The number of hydrogen-bond donors (Lipinski definition) is 1. The van der Waals surface area contributed by atoms with Gasteiger partial charge in [-0.05, 0) is 57.9 Å². The Morgan fingerprint density at radius 3 is 2.45 bits per heavy atom.